The van der Waals surface area contributed by atoms with Crippen molar-refractivity contribution in [2.75, 3.05) is 41.3 Å². The number of anilines is 4. The Morgan fingerprint density at radius 3 is 2.37 bits per heavy atom. The lowest BCUT2D eigenvalue weighted by Crippen LogP contribution is -2.47. The van der Waals surface area contributed by atoms with Crippen LogP contribution in [-0.2, 0) is 0 Å². The largest absolute Gasteiger partial charge is 0.368 e. The van der Waals surface area contributed by atoms with Crippen LogP contribution in [0.25, 0.3) is 0 Å². The number of hydrogen-bond acceptors (Lipinski definition) is 7. The van der Waals surface area contributed by atoms with Crippen molar-refractivity contribution in [2.24, 2.45) is 0 Å². The number of aryl methyl sites for hydroxylation is 2. The zero-order valence-electron chi connectivity index (χ0n) is 17.1. The van der Waals surface area contributed by atoms with E-state index < -0.39 is 4.92 Å². The summed E-state index contributed by atoms with van der Waals surface area (Å²) in [5.74, 6) is 0.569. The second-order valence-electron chi connectivity index (χ2n) is 7.40. The third kappa shape index (κ3) is 4.03. The Kier molecular flexibility index (Phi) is 5.47. The predicted octanol–water partition coefficient (Wildman–Crippen LogP) is 4.07. The molecular weight excluding hydrogens is 380 g/mol. The molecule has 0 bridgehead atoms. The number of nitro groups is 1. The van der Waals surface area contributed by atoms with E-state index in [0.717, 1.165) is 35.6 Å². The van der Waals surface area contributed by atoms with Crippen molar-refractivity contribution in [3.63, 3.8) is 0 Å². The molecule has 8 heteroatoms. The Morgan fingerprint density at radius 2 is 1.67 bits per heavy atom. The number of benzene rings is 2. The van der Waals surface area contributed by atoms with Gasteiger partial charge in [0, 0.05) is 37.6 Å². The van der Waals surface area contributed by atoms with E-state index in [1.807, 2.05) is 55.1 Å². The molecule has 0 unspecified atom stereocenters. The molecule has 0 atom stereocenters. The zero-order chi connectivity index (χ0) is 21.1. The van der Waals surface area contributed by atoms with Gasteiger partial charge in [-0.3, -0.25) is 10.1 Å². The third-order valence-electron chi connectivity index (χ3n) is 5.33. The van der Waals surface area contributed by atoms with Gasteiger partial charge in [0.15, 0.2) is 0 Å². The summed E-state index contributed by atoms with van der Waals surface area (Å²) in [5.41, 5.74) is 3.93. The maximum atomic E-state index is 12.0. The van der Waals surface area contributed by atoms with E-state index in [2.05, 4.69) is 32.3 Å². The molecule has 1 N–H and O–H groups in total. The molecule has 2 heterocycles. The van der Waals surface area contributed by atoms with E-state index in [4.69, 9.17) is 0 Å². The SMILES string of the molecule is Cc1ccc(C)c(Nc2ncnc(N3CCN(c4ccccc4)CC3)c2[N+](=O)[O-])c1. The van der Waals surface area contributed by atoms with Gasteiger partial charge >= 0.3 is 5.69 Å². The molecular formula is C22H24N6O2. The highest BCUT2D eigenvalue weighted by Crippen LogP contribution is 2.35. The van der Waals surface area contributed by atoms with Crippen molar-refractivity contribution in [3.05, 3.63) is 76.1 Å². The van der Waals surface area contributed by atoms with Crippen LogP contribution in [0.3, 0.4) is 0 Å². The quantitative estimate of drug-likeness (QED) is 0.506. The first-order valence-corrected chi connectivity index (χ1v) is 9.91. The van der Waals surface area contributed by atoms with Gasteiger partial charge in [-0.05, 0) is 43.2 Å². The maximum Gasteiger partial charge on any atom is 0.353 e. The van der Waals surface area contributed by atoms with Crippen LogP contribution in [-0.4, -0.2) is 41.1 Å². The molecule has 0 amide bonds. The molecule has 0 saturated carbocycles. The molecule has 3 aromatic rings. The topological polar surface area (TPSA) is 87.4 Å². The van der Waals surface area contributed by atoms with E-state index in [-0.39, 0.29) is 11.5 Å². The fourth-order valence-electron chi connectivity index (χ4n) is 3.67. The molecule has 8 nitrogen and oxygen atoms in total. The number of hydrogen-bond donors (Lipinski definition) is 1. The first-order valence-electron chi connectivity index (χ1n) is 9.91. The molecule has 1 aromatic heterocycles. The highest BCUT2D eigenvalue weighted by atomic mass is 16.6. The summed E-state index contributed by atoms with van der Waals surface area (Å²) >= 11 is 0. The molecule has 2 aromatic carbocycles. The molecule has 1 saturated heterocycles. The van der Waals surface area contributed by atoms with Crippen molar-refractivity contribution >= 4 is 28.7 Å². The summed E-state index contributed by atoms with van der Waals surface area (Å²) in [6.07, 6.45) is 1.39. The summed E-state index contributed by atoms with van der Waals surface area (Å²) in [4.78, 5) is 24.3. The average Bonchev–Trinajstić information content (AvgIpc) is 2.77. The standard InChI is InChI=1S/C22H24N6O2/c1-16-8-9-17(2)19(14-16)25-21-20(28(29)30)22(24-15-23-21)27-12-10-26(11-13-27)18-6-4-3-5-7-18/h3-9,14-15H,10-13H2,1-2H3,(H,23,24,25). The van der Waals surface area contributed by atoms with Crippen molar-refractivity contribution in [2.45, 2.75) is 13.8 Å². The molecule has 30 heavy (non-hydrogen) atoms. The Morgan fingerprint density at radius 1 is 0.967 bits per heavy atom. The lowest BCUT2D eigenvalue weighted by Gasteiger charge is -2.36. The van der Waals surface area contributed by atoms with E-state index in [1.165, 1.54) is 6.33 Å². The molecule has 4 rings (SSSR count). The number of nitrogens with one attached hydrogen (secondary N) is 1. The van der Waals surface area contributed by atoms with E-state index >= 15 is 0 Å². The van der Waals surface area contributed by atoms with Gasteiger partial charge in [0.25, 0.3) is 0 Å². The Balaban J connectivity index is 1.59. The molecule has 1 aliphatic heterocycles. The summed E-state index contributed by atoms with van der Waals surface area (Å²) in [7, 11) is 0. The van der Waals surface area contributed by atoms with Crippen LogP contribution in [0.2, 0.25) is 0 Å². The third-order valence-corrected chi connectivity index (χ3v) is 5.33. The molecule has 1 fully saturated rings. The van der Waals surface area contributed by atoms with E-state index in [1.54, 1.807) is 0 Å². The van der Waals surface area contributed by atoms with Gasteiger partial charge in [-0.15, -0.1) is 0 Å². The normalized spacial score (nSPS) is 13.9. The first-order chi connectivity index (χ1) is 14.5. The molecule has 0 aliphatic carbocycles. The highest BCUT2D eigenvalue weighted by Gasteiger charge is 2.29. The summed E-state index contributed by atoms with van der Waals surface area (Å²) in [5, 5.41) is 15.1. The minimum atomic E-state index is -0.396. The Labute approximate surface area is 175 Å². The van der Waals surface area contributed by atoms with Crippen LogP contribution >= 0.6 is 0 Å². The van der Waals surface area contributed by atoms with Gasteiger partial charge in [-0.25, -0.2) is 9.97 Å². The minimum absolute atomic E-state index is 0.0911. The van der Waals surface area contributed by atoms with Crippen LogP contribution < -0.4 is 15.1 Å². The van der Waals surface area contributed by atoms with Crippen molar-refractivity contribution in [3.8, 4) is 0 Å². The fraction of sp³-hybridized carbons (Fsp3) is 0.273. The lowest BCUT2D eigenvalue weighted by molar-refractivity contribution is -0.383. The van der Waals surface area contributed by atoms with Gasteiger partial charge in [-0.1, -0.05) is 30.3 Å². The second kappa shape index (κ2) is 8.36. The van der Waals surface area contributed by atoms with Crippen LogP contribution in [0.4, 0.5) is 28.7 Å². The van der Waals surface area contributed by atoms with Crippen LogP contribution in [0, 0.1) is 24.0 Å². The monoisotopic (exact) mass is 404 g/mol. The number of rotatable bonds is 5. The lowest BCUT2D eigenvalue weighted by atomic mass is 10.1. The number of piperazine rings is 1. The van der Waals surface area contributed by atoms with Gasteiger partial charge in [-0.2, -0.15) is 0 Å². The minimum Gasteiger partial charge on any atom is -0.368 e. The molecule has 1 aliphatic rings. The summed E-state index contributed by atoms with van der Waals surface area (Å²) < 4.78 is 0. The first kappa shape index (κ1) is 19.6. The Bertz CT molecular complexity index is 1050. The van der Waals surface area contributed by atoms with Gasteiger partial charge in [0.05, 0.1) is 4.92 Å². The number of para-hydroxylation sites is 1. The van der Waals surface area contributed by atoms with Crippen molar-refractivity contribution < 1.29 is 4.92 Å². The van der Waals surface area contributed by atoms with Gasteiger partial charge in [0.2, 0.25) is 11.6 Å². The smallest absolute Gasteiger partial charge is 0.353 e. The summed E-state index contributed by atoms with van der Waals surface area (Å²) in [6, 6.07) is 16.1. The average molecular weight is 404 g/mol. The summed E-state index contributed by atoms with van der Waals surface area (Å²) in [6.45, 7) is 6.77. The molecule has 0 radical (unpaired) electrons. The number of nitrogens with zero attached hydrogens (tertiary/aromatic N) is 5. The maximum absolute atomic E-state index is 12.0. The van der Waals surface area contributed by atoms with Crippen molar-refractivity contribution in [1.82, 2.24) is 9.97 Å². The van der Waals surface area contributed by atoms with Crippen LogP contribution in [0.1, 0.15) is 11.1 Å². The van der Waals surface area contributed by atoms with E-state index in [9.17, 15) is 10.1 Å². The van der Waals surface area contributed by atoms with E-state index in [0.29, 0.717) is 18.9 Å². The van der Waals surface area contributed by atoms with Crippen molar-refractivity contribution in [1.29, 1.82) is 0 Å². The second-order valence-corrected chi connectivity index (χ2v) is 7.40. The Hall–Kier alpha value is -3.68. The highest BCUT2D eigenvalue weighted by molar-refractivity contribution is 5.75. The van der Waals surface area contributed by atoms with Gasteiger partial charge in [0.1, 0.15) is 6.33 Å². The van der Waals surface area contributed by atoms with Crippen LogP contribution in [0.5, 0.6) is 0 Å². The van der Waals surface area contributed by atoms with Crippen LogP contribution in [0.15, 0.2) is 54.9 Å². The zero-order valence-corrected chi connectivity index (χ0v) is 17.1. The predicted molar refractivity (Wildman–Crippen MR) is 119 cm³/mol. The van der Waals surface area contributed by atoms with Gasteiger partial charge < -0.3 is 15.1 Å². The number of aromatic nitrogens is 2. The molecule has 154 valence electrons. The fourth-order valence-corrected chi connectivity index (χ4v) is 3.67. The molecule has 0 spiro atoms.